The number of allylic oxidation sites excluding steroid dienone is 2. The van der Waals surface area contributed by atoms with Crippen LogP contribution in [0.25, 0.3) is 11.0 Å². The van der Waals surface area contributed by atoms with Gasteiger partial charge in [0.1, 0.15) is 22.7 Å². The summed E-state index contributed by atoms with van der Waals surface area (Å²) >= 11 is 0. The second-order valence-corrected chi connectivity index (χ2v) is 8.61. The fraction of sp³-hybridized carbons (Fsp3) is 0.500. The molecule has 2 atom stereocenters. The molecular formula is C20H27N3O. The molecule has 2 unspecified atom stereocenters. The summed E-state index contributed by atoms with van der Waals surface area (Å²) in [5.74, 6) is 0. The Morgan fingerprint density at radius 1 is 1.04 bits per heavy atom. The van der Waals surface area contributed by atoms with Crippen molar-refractivity contribution in [1.29, 1.82) is 0 Å². The molecule has 4 nitrogen and oxygen atoms in total. The van der Waals surface area contributed by atoms with Gasteiger partial charge in [0, 0.05) is 0 Å². The van der Waals surface area contributed by atoms with Gasteiger partial charge in [-0.15, -0.1) is 0 Å². The first-order chi connectivity index (χ1) is 11.2. The number of hydrogen-bond acceptors (Lipinski definition) is 3. The molecular weight excluding hydrogens is 298 g/mol. The topological polar surface area (TPSA) is 50.9 Å². The Balaban J connectivity index is 2.20. The molecule has 0 radical (unpaired) electrons. The molecule has 1 aromatic heterocycles. The maximum Gasteiger partial charge on any atom is 0.135 e. The van der Waals surface area contributed by atoms with Crippen LogP contribution in [0.4, 0.5) is 0 Å². The monoisotopic (exact) mass is 325 g/mol. The van der Waals surface area contributed by atoms with Crippen molar-refractivity contribution in [3.63, 3.8) is 0 Å². The zero-order valence-corrected chi connectivity index (χ0v) is 15.2. The van der Waals surface area contributed by atoms with Crippen LogP contribution in [0.3, 0.4) is 0 Å². The lowest BCUT2D eigenvalue weighted by Gasteiger charge is -2.49. The van der Waals surface area contributed by atoms with Crippen molar-refractivity contribution >= 4 is 11.0 Å². The third-order valence-corrected chi connectivity index (χ3v) is 4.88. The fourth-order valence-electron chi connectivity index (χ4n) is 4.19. The average molecular weight is 325 g/mol. The maximum atomic E-state index is 11.0. The Morgan fingerprint density at radius 2 is 1.62 bits per heavy atom. The van der Waals surface area contributed by atoms with Gasteiger partial charge in [0.05, 0.1) is 0 Å². The first kappa shape index (κ1) is 16.9. The predicted octanol–water partition coefficient (Wildman–Crippen LogP) is 4.08. The van der Waals surface area contributed by atoms with Crippen LogP contribution >= 0.6 is 0 Å². The molecule has 0 spiro atoms. The molecule has 24 heavy (non-hydrogen) atoms. The van der Waals surface area contributed by atoms with Crippen LogP contribution in [0.2, 0.25) is 0 Å². The van der Waals surface area contributed by atoms with E-state index in [0.29, 0.717) is 0 Å². The van der Waals surface area contributed by atoms with Gasteiger partial charge in [0.2, 0.25) is 0 Å². The molecule has 0 aliphatic heterocycles. The van der Waals surface area contributed by atoms with E-state index in [0.717, 1.165) is 17.5 Å². The van der Waals surface area contributed by atoms with Gasteiger partial charge in [-0.2, -0.15) is 15.0 Å². The number of nitrogens with zero attached hydrogens (tertiary/aromatic N) is 3. The largest absolute Gasteiger partial charge is 0.386 e. The van der Waals surface area contributed by atoms with Crippen molar-refractivity contribution in [3.05, 3.63) is 48.6 Å². The van der Waals surface area contributed by atoms with Gasteiger partial charge in [0.15, 0.2) is 0 Å². The SMILES string of the molecule is CC(C)(C)CC(C)(C)C1(n2nc3ccccc3n2)C=CC=CC1O. The number of hydrogen-bond donors (Lipinski definition) is 1. The van der Waals surface area contributed by atoms with E-state index < -0.39 is 11.6 Å². The van der Waals surface area contributed by atoms with Gasteiger partial charge in [-0.3, -0.25) is 0 Å². The molecule has 0 amide bonds. The first-order valence-electron chi connectivity index (χ1n) is 8.52. The molecule has 1 N–H and O–H groups in total. The summed E-state index contributed by atoms with van der Waals surface area (Å²) < 4.78 is 0. The van der Waals surface area contributed by atoms with E-state index in [-0.39, 0.29) is 10.8 Å². The third kappa shape index (κ3) is 2.69. The Morgan fingerprint density at radius 3 is 2.12 bits per heavy atom. The number of aliphatic hydroxyl groups excluding tert-OH is 1. The quantitative estimate of drug-likeness (QED) is 0.925. The van der Waals surface area contributed by atoms with Gasteiger partial charge in [-0.05, 0) is 29.4 Å². The minimum atomic E-state index is -0.714. The molecule has 128 valence electrons. The van der Waals surface area contributed by atoms with Gasteiger partial charge < -0.3 is 5.11 Å². The minimum Gasteiger partial charge on any atom is -0.386 e. The lowest BCUT2D eigenvalue weighted by Crippen LogP contribution is -2.56. The van der Waals surface area contributed by atoms with Crippen LogP contribution in [0.5, 0.6) is 0 Å². The van der Waals surface area contributed by atoms with Crippen LogP contribution in [-0.4, -0.2) is 26.2 Å². The zero-order chi connectivity index (χ0) is 17.6. The van der Waals surface area contributed by atoms with Gasteiger partial charge in [-0.1, -0.05) is 71.1 Å². The molecule has 1 aromatic carbocycles. The van der Waals surface area contributed by atoms with Crippen molar-refractivity contribution in [2.24, 2.45) is 10.8 Å². The van der Waals surface area contributed by atoms with E-state index >= 15 is 0 Å². The number of benzene rings is 1. The Kier molecular flexibility index (Phi) is 3.91. The number of aromatic nitrogens is 3. The second-order valence-electron chi connectivity index (χ2n) is 8.61. The summed E-state index contributed by atoms with van der Waals surface area (Å²) in [6.45, 7) is 11.1. The lowest BCUT2D eigenvalue weighted by atomic mass is 9.61. The highest BCUT2D eigenvalue weighted by Crippen LogP contribution is 2.49. The van der Waals surface area contributed by atoms with Gasteiger partial charge >= 0.3 is 0 Å². The van der Waals surface area contributed by atoms with Crippen molar-refractivity contribution in [3.8, 4) is 0 Å². The van der Waals surface area contributed by atoms with Crippen LogP contribution in [0.1, 0.15) is 41.0 Å². The fourth-order valence-corrected chi connectivity index (χ4v) is 4.19. The number of rotatable bonds is 3. The highest BCUT2D eigenvalue weighted by atomic mass is 16.3. The molecule has 3 rings (SSSR count). The smallest absolute Gasteiger partial charge is 0.135 e. The molecule has 4 heteroatoms. The molecule has 0 saturated heterocycles. The molecule has 0 bridgehead atoms. The van der Waals surface area contributed by atoms with Crippen molar-refractivity contribution in [2.45, 2.75) is 52.7 Å². The molecule has 0 fully saturated rings. The molecule has 1 aliphatic carbocycles. The van der Waals surface area contributed by atoms with Crippen LogP contribution < -0.4 is 0 Å². The average Bonchev–Trinajstić information content (AvgIpc) is 2.89. The molecule has 1 aliphatic rings. The highest BCUT2D eigenvalue weighted by molar-refractivity contribution is 5.73. The van der Waals surface area contributed by atoms with Gasteiger partial charge in [0.25, 0.3) is 0 Å². The summed E-state index contributed by atoms with van der Waals surface area (Å²) in [4.78, 5) is 1.73. The third-order valence-electron chi connectivity index (χ3n) is 4.88. The zero-order valence-electron chi connectivity index (χ0n) is 15.2. The summed E-state index contributed by atoms with van der Waals surface area (Å²) in [6.07, 6.45) is 8.01. The Hall–Kier alpha value is -1.94. The van der Waals surface area contributed by atoms with E-state index in [1.54, 1.807) is 4.80 Å². The van der Waals surface area contributed by atoms with Crippen LogP contribution in [0.15, 0.2) is 48.6 Å². The predicted molar refractivity (Wildman–Crippen MR) is 97.6 cm³/mol. The lowest BCUT2D eigenvalue weighted by molar-refractivity contribution is -0.0285. The normalized spacial score (nSPS) is 24.7. The van der Waals surface area contributed by atoms with E-state index in [2.05, 4.69) is 40.7 Å². The van der Waals surface area contributed by atoms with Crippen molar-refractivity contribution in [2.75, 3.05) is 0 Å². The van der Waals surface area contributed by atoms with Crippen molar-refractivity contribution < 1.29 is 5.11 Å². The summed E-state index contributed by atoms with van der Waals surface area (Å²) in [6, 6.07) is 7.83. The Labute approximate surface area is 143 Å². The highest BCUT2D eigenvalue weighted by Gasteiger charge is 2.53. The summed E-state index contributed by atoms with van der Waals surface area (Å²) in [7, 11) is 0. The first-order valence-corrected chi connectivity index (χ1v) is 8.52. The summed E-state index contributed by atoms with van der Waals surface area (Å²) in [5.41, 5.74) is 0.851. The minimum absolute atomic E-state index is 0.123. The molecule has 0 saturated carbocycles. The number of fused-ring (bicyclic) bond motifs is 1. The van der Waals surface area contributed by atoms with E-state index in [9.17, 15) is 5.11 Å². The van der Waals surface area contributed by atoms with E-state index in [1.165, 1.54) is 0 Å². The molecule has 1 heterocycles. The van der Waals surface area contributed by atoms with E-state index in [1.807, 2.05) is 42.5 Å². The molecule has 2 aromatic rings. The summed E-state index contributed by atoms with van der Waals surface area (Å²) in [5, 5.41) is 20.4. The standard InChI is InChI=1S/C20H27N3O/c1-18(2,3)14-19(4,5)20(13-9-8-12-17(20)24)23-21-15-10-6-7-11-16(15)22-23/h6-13,17,24H,14H2,1-5H3. The van der Waals surface area contributed by atoms with Crippen LogP contribution in [-0.2, 0) is 5.54 Å². The maximum absolute atomic E-state index is 11.0. The van der Waals surface area contributed by atoms with E-state index in [4.69, 9.17) is 10.2 Å². The second kappa shape index (κ2) is 5.55. The van der Waals surface area contributed by atoms with Gasteiger partial charge in [-0.25, -0.2) is 0 Å². The number of aliphatic hydroxyl groups is 1. The van der Waals surface area contributed by atoms with Crippen molar-refractivity contribution in [1.82, 2.24) is 15.0 Å². The Bertz CT molecular complexity index is 762. The van der Waals surface area contributed by atoms with Crippen LogP contribution in [0, 0.1) is 10.8 Å².